The summed E-state index contributed by atoms with van der Waals surface area (Å²) >= 11 is 0. The number of nitrogens with zero attached hydrogens (tertiary/aromatic N) is 3. The smallest absolute Gasteiger partial charge is 0.409 e. The third-order valence-electron chi connectivity index (χ3n) is 4.27. The monoisotopic (exact) mass is 365 g/mol. The van der Waals surface area contributed by atoms with Crippen LogP contribution in [0.3, 0.4) is 0 Å². The van der Waals surface area contributed by atoms with Crippen molar-refractivity contribution in [1.82, 2.24) is 20.7 Å². The lowest BCUT2D eigenvalue weighted by Gasteiger charge is -2.32. The minimum atomic E-state index is -0.224. The number of aliphatic imine (C=N–C) groups is 1. The van der Waals surface area contributed by atoms with Crippen molar-refractivity contribution in [3.05, 3.63) is 17.5 Å². The summed E-state index contributed by atoms with van der Waals surface area (Å²) in [6.07, 6.45) is 1.50. The standard InChI is InChI=1S/C18H31N5O3/c1-5-19-17(20-12-15-11-16(13(3)4)22-26-15)21-14-7-9-23(10-8-14)18(24)25-6-2/h11,13-14H,5-10,12H2,1-4H3,(H2,19,20,21). The van der Waals surface area contributed by atoms with Crippen molar-refractivity contribution in [3.63, 3.8) is 0 Å². The molecule has 0 bridgehead atoms. The number of carbonyl (C=O) groups is 1. The molecule has 1 amide bonds. The summed E-state index contributed by atoms with van der Waals surface area (Å²) in [4.78, 5) is 18.1. The van der Waals surface area contributed by atoms with Gasteiger partial charge in [-0.2, -0.15) is 0 Å². The highest BCUT2D eigenvalue weighted by atomic mass is 16.6. The molecule has 1 aromatic rings. The molecule has 2 rings (SSSR count). The first-order valence-electron chi connectivity index (χ1n) is 9.45. The molecule has 0 saturated carbocycles. The zero-order valence-corrected chi connectivity index (χ0v) is 16.2. The highest BCUT2D eigenvalue weighted by Crippen LogP contribution is 2.15. The lowest BCUT2D eigenvalue weighted by molar-refractivity contribution is 0.0963. The van der Waals surface area contributed by atoms with Crippen LogP contribution in [0.2, 0.25) is 0 Å². The van der Waals surface area contributed by atoms with Crippen molar-refractivity contribution < 1.29 is 14.1 Å². The Balaban J connectivity index is 1.86. The lowest BCUT2D eigenvalue weighted by atomic mass is 10.1. The summed E-state index contributed by atoms with van der Waals surface area (Å²) < 4.78 is 10.4. The fourth-order valence-electron chi connectivity index (χ4n) is 2.77. The Kier molecular flexibility index (Phi) is 7.74. The summed E-state index contributed by atoms with van der Waals surface area (Å²) in [6, 6.07) is 2.23. The number of carbonyl (C=O) groups excluding carboxylic acids is 1. The van der Waals surface area contributed by atoms with Crippen LogP contribution in [-0.4, -0.2) is 54.4 Å². The molecular formula is C18H31N5O3. The van der Waals surface area contributed by atoms with E-state index in [1.54, 1.807) is 4.90 Å². The molecule has 1 saturated heterocycles. The van der Waals surface area contributed by atoms with Crippen LogP contribution in [-0.2, 0) is 11.3 Å². The second kappa shape index (κ2) is 10.0. The number of amides is 1. The van der Waals surface area contributed by atoms with E-state index in [-0.39, 0.29) is 12.1 Å². The molecule has 0 spiro atoms. The highest BCUT2D eigenvalue weighted by Gasteiger charge is 2.24. The molecule has 1 aromatic heterocycles. The minimum absolute atomic E-state index is 0.224. The topological polar surface area (TPSA) is 92.0 Å². The normalized spacial score (nSPS) is 16.0. The van der Waals surface area contributed by atoms with E-state index in [2.05, 4.69) is 34.6 Å². The van der Waals surface area contributed by atoms with Crippen molar-refractivity contribution in [3.8, 4) is 0 Å². The van der Waals surface area contributed by atoms with E-state index in [0.717, 1.165) is 36.8 Å². The summed E-state index contributed by atoms with van der Waals surface area (Å²) in [6.45, 7) is 11.0. The van der Waals surface area contributed by atoms with Gasteiger partial charge in [-0.1, -0.05) is 19.0 Å². The molecule has 146 valence electrons. The first-order chi connectivity index (χ1) is 12.5. The molecule has 1 fully saturated rings. The summed E-state index contributed by atoms with van der Waals surface area (Å²) in [5.41, 5.74) is 0.944. The van der Waals surface area contributed by atoms with Gasteiger partial charge in [-0.05, 0) is 32.6 Å². The first-order valence-corrected chi connectivity index (χ1v) is 9.45. The average molecular weight is 365 g/mol. The molecule has 0 aromatic carbocycles. The van der Waals surface area contributed by atoms with Crippen LogP contribution < -0.4 is 10.6 Å². The van der Waals surface area contributed by atoms with Gasteiger partial charge in [0.2, 0.25) is 0 Å². The van der Waals surface area contributed by atoms with Gasteiger partial charge < -0.3 is 24.8 Å². The molecule has 1 aliphatic rings. The average Bonchev–Trinajstić information content (AvgIpc) is 3.10. The minimum Gasteiger partial charge on any atom is -0.450 e. The van der Waals surface area contributed by atoms with Crippen LogP contribution in [0.4, 0.5) is 4.79 Å². The number of hydrogen-bond acceptors (Lipinski definition) is 5. The molecule has 0 unspecified atom stereocenters. The number of likely N-dealkylation sites (tertiary alicyclic amines) is 1. The number of hydrogen-bond donors (Lipinski definition) is 2. The predicted octanol–water partition coefficient (Wildman–Crippen LogP) is 2.47. The van der Waals surface area contributed by atoms with Crippen LogP contribution in [0.25, 0.3) is 0 Å². The molecular weight excluding hydrogens is 334 g/mol. The van der Waals surface area contributed by atoms with Crippen molar-refractivity contribution >= 4 is 12.1 Å². The molecule has 0 radical (unpaired) electrons. The van der Waals surface area contributed by atoms with Crippen molar-refractivity contribution in [1.29, 1.82) is 0 Å². The van der Waals surface area contributed by atoms with Gasteiger partial charge in [-0.3, -0.25) is 0 Å². The maximum Gasteiger partial charge on any atom is 0.409 e. The molecule has 26 heavy (non-hydrogen) atoms. The molecule has 1 aliphatic heterocycles. The summed E-state index contributed by atoms with van der Waals surface area (Å²) in [5.74, 6) is 1.85. The zero-order chi connectivity index (χ0) is 18.9. The molecule has 2 heterocycles. The number of rotatable bonds is 6. The van der Waals surface area contributed by atoms with Gasteiger partial charge in [-0.15, -0.1) is 0 Å². The van der Waals surface area contributed by atoms with Gasteiger partial charge in [0.25, 0.3) is 0 Å². The van der Waals surface area contributed by atoms with Crippen LogP contribution in [0, 0.1) is 0 Å². The third kappa shape index (κ3) is 5.93. The largest absolute Gasteiger partial charge is 0.450 e. The van der Waals surface area contributed by atoms with Gasteiger partial charge in [0.05, 0.1) is 12.3 Å². The first kappa shape index (κ1) is 20.1. The van der Waals surface area contributed by atoms with Crippen LogP contribution in [0.1, 0.15) is 57.9 Å². The Morgan fingerprint density at radius 3 is 2.73 bits per heavy atom. The molecule has 0 atom stereocenters. The quantitative estimate of drug-likeness (QED) is 0.594. The van der Waals surface area contributed by atoms with Gasteiger partial charge in [0, 0.05) is 31.7 Å². The van der Waals surface area contributed by atoms with Crippen molar-refractivity contribution in [2.45, 2.75) is 59.0 Å². The fourth-order valence-corrected chi connectivity index (χ4v) is 2.77. The van der Waals surface area contributed by atoms with E-state index in [1.165, 1.54) is 0 Å². The third-order valence-corrected chi connectivity index (χ3v) is 4.27. The van der Waals surface area contributed by atoms with E-state index in [0.29, 0.717) is 32.2 Å². The van der Waals surface area contributed by atoms with Crippen molar-refractivity contribution in [2.24, 2.45) is 4.99 Å². The molecule has 2 N–H and O–H groups in total. The van der Waals surface area contributed by atoms with E-state index < -0.39 is 0 Å². The van der Waals surface area contributed by atoms with Gasteiger partial charge in [0.15, 0.2) is 11.7 Å². The van der Waals surface area contributed by atoms with E-state index in [9.17, 15) is 4.79 Å². The fraction of sp³-hybridized carbons (Fsp3) is 0.722. The Bertz CT molecular complexity index is 591. The lowest BCUT2D eigenvalue weighted by Crippen LogP contribution is -2.49. The molecule has 8 nitrogen and oxygen atoms in total. The Morgan fingerprint density at radius 1 is 1.42 bits per heavy atom. The van der Waals surface area contributed by atoms with Crippen LogP contribution in [0.15, 0.2) is 15.6 Å². The predicted molar refractivity (Wildman–Crippen MR) is 100 cm³/mol. The van der Waals surface area contributed by atoms with Gasteiger partial charge in [-0.25, -0.2) is 9.79 Å². The number of ether oxygens (including phenoxy) is 1. The zero-order valence-electron chi connectivity index (χ0n) is 16.2. The summed E-state index contributed by atoms with van der Waals surface area (Å²) in [7, 11) is 0. The number of piperidine rings is 1. The van der Waals surface area contributed by atoms with Crippen LogP contribution >= 0.6 is 0 Å². The second-order valence-electron chi connectivity index (χ2n) is 6.67. The Hall–Kier alpha value is -2.25. The van der Waals surface area contributed by atoms with Crippen molar-refractivity contribution in [2.75, 3.05) is 26.2 Å². The van der Waals surface area contributed by atoms with E-state index in [1.807, 2.05) is 19.9 Å². The second-order valence-corrected chi connectivity index (χ2v) is 6.67. The molecule has 0 aliphatic carbocycles. The number of guanidine groups is 1. The maximum absolute atomic E-state index is 11.8. The highest BCUT2D eigenvalue weighted by molar-refractivity contribution is 5.80. The van der Waals surface area contributed by atoms with E-state index >= 15 is 0 Å². The molecule has 8 heteroatoms. The summed E-state index contributed by atoms with van der Waals surface area (Å²) in [5, 5.41) is 10.8. The van der Waals surface area contributed by atoms with E-state index in [4.69, 9.17) is 9.26 Å². The maximum atomic E-state index is 11.8. The number of aromatic nitrogens is 1. The van der Waals surface area contributed by atoms with Crippen LogP contribution in [0.5, 0.6) is 0 Å². The van der Waals surface area contributed by atoms with Gasteiger partial charge >= 0.3 is 6.09 Å². The SMILES string of the molecule is CCNC(=NCc1cc(C(C)C)no1)NC1CCN(C(=O)OCC)CC1. The Morgan fingerprint density at radius 2 is 2.15 bits per heavy atom. The Labute approximate surface area is 155 Å². The number of nitrogens with one attached hydrogen (secondary N) is 2. The van der Waals surface area contributed by atoms with Gasteiger partial charge in [0.1, 0.15) is 6.54 Å².